The van der Waals surface area contributed by atoms with E-state index in [2.05, 4.69) is 20.3 Å². The lowest BCUT2D eigenvalue weighted by atomic mass is 9.77. The number of hydrogen-bond acceptors (Lipinski definition) is 9. The first-order valence-electron chi connectivity index (χ1n) is 19.8. The molecule has 1 saturated heterocycles. The molecule has 0 aliphatic carbocycles. The van der Waals surface area contributed by atoms with Crippen molar-refractivity contribution in [1.82, 2.24) is 9.55 Å². The number of nitrogens with zero attached hydrogens (tertiary/aromatic N) is 5. The quantitative estimate of drug-likeness (QED) is 0.0477. The van der Waals surface area contributed by atoms with Gasteiger partial charge in [-0.2, -0.15) is 4.98 Å². The molecule has 61 heavy (non-hydrogen) atoms. The summed E-state index contributed by atoms with van der Waals surface area (Å²) in [5.41, 5.74) is 11.6. The average molecular weight is 813 g/mol. The van der Waals surface area contributed by atoms with Gasteiger partial charge in [-0.3, -0.25) is 4.57 Å². The minimum atomic E-state index is -2.55. The van der Waals surface area contributed by atoms with Crippen molar-refractivity contribution in [2.75, 3.05) is 19.5 Å². The summed E-state index contributed by atoms with van der Waals surface area (Å²) in [5.74, 6) is -1.73. The Kier molecular flexibility index (Phi) is 11.4. The van der Waals surface area contributed by atoms with Crippen LogP contribution >= 0.6 is 0 Å². The van der Waals surface area contributed by atoms with Crippen LogP contribution in [0.2, 0.25) is 0 Å². The standard InChI is InChI=1S/C49H44N6O6/c1-34-44(60-48(38-20-12-6-13-21-38,39-22-14-7-15-23-39)40-26-30-42(59-3)31-27-40)49(57,53-54-50)61-45(34)55-33-32-43(51-46(55)56)52-47(35-16-8-4-9-17-35,36-18-10-5-11-19-36)37-24-28-41(58-2)29-25-37/h4-34,44-45,57H,1-3H3,(H,51,52,56)/t34-,44-,45+,49+/m0/s1. The summed E-state index contributed by atoms with van der Waals surface area (Å²) in [6.07, 6.45) is -0.943. The molecule has 2 heterocycles. The number of aromatic nitrogens is 2. The summed E-state index contributed by atoms with van der Waals surface area (Å²) in [4.78, 5) is 21.8. The third-order valence-electron chi connectivity index (χ3n) is 11.3. The van der Waals surface area contributed by atoms with E-state index in [9.17, 15) is 15.4 Å². The molecule has 12 heteroatoms. The first kappa shape index (κ1) is 40.6. The summed E-state index contributed by atoms with van der Waals surface area (Å²) in [7, 11) is 3.21. The minimum absolute atomic E-state index is 0.278. The zero-order valence-electron chi connectivity index (χ0n) is 33.8. The largest absolute Gasteiger partial charge is 0.497 e. The monoisotopic (exact) mass is 812 g/mol. The molecule has 306 valence electrons. The molecule has 1 aliphatic heterocycles. The van der Waals surface area contributed by atoms with Crippen molar-refractivity contribution in [3.63, 3.8) is 0 Å². The minimum Gasteiger partial charge on any atom is -0.497 e. The summed E-state index contributed by atoms with van der Waals surface area (Å²) in [6, 6.07) is 55.8. The van der Waals surface area contributed by atoms with E-state index >= 15 is 0 Å². The van der Waals surface area contributed by atoms with Crippen LogP contribution in [0.3, 0.4) is 0 Å². The molecule has 12 nitrogen and oxygen atoms in total. The van der Waals surface area contributed by atoms with E-state index in [1.807, 2.05) is 170 Å². The van der Waals surface area contributed by atoms with Crippen LogP contribution in [0.25, 0.3) is 10.4 Å². The second-order valence-corrected chi connectivity index (χ2v) is 14.7. The van der Waals surface area contributed by atoms with Crippen LogP contribution < -0.4 is 20.5 Å². The van der Waals surface area contributed by atoms with Gasteiger partial charge in [-0.15, -0.1) is 0 Å². The molecular weight excluding hydrogens is 769 g/mol. The second-order valence-electron chi connectivity index (χ2n) is 14.7. The van der Waals surface area contributed by atoms with Crippen molar-refractivity contribution in [2.24, 2.45) is 11.0 Å². The van der Waals surface area contributed by atoms with E-state index < -0.39 is 41.0 Å². The Balaban J connectivity index is 1.22. The number of anilines is 1. The van der Waals surface area contributed by atoms with Gasteiger partial charge in [-0.1, -0.05) is 153 Å². The molecule has 4 atom stereocenters. The maximum atomic E-state index is 14.3. The van der Waals surface area contributed by atoms with E-state index in [1.165, 1.54) is 4.57 Å². The Morgan fingerprint density at radius 3 is 1.56 bits per heavy atom. The molecule has 0 amide bonds. The lowest BCUT2D eigenvalue weighted by Crippen LogP contribution is -2.47. The number of methoxy groups -OCH3 is 2. The van der Waals surface area contributed by atoms with Gasteiger partial charge >= 0.3 is 5.69 Å². The van der Waals surface area contributed by atoms with Crippen LogP contribution in [-0.2, 0) is 20.6 Å². The van der Waals surface area contributed by atoms with Crippen molar-refractivity contribution in [2.45, 2.75) is 36.3 Å². The van der Waals surface area contributed by atoms with Crippen LogP contribution in [0, 0.1) is 5.92 Å². The van der Waals surface area contributed by atoms with Gasteiger partial charge in [0, 0.05) is 17.0 Å². The van der Waals surface area contributed by atoms with Crippen LogP contribution in [-0.4, -0.2) is 40.9 Å². The van der Waals surface area contributed by atoms with Gasteiger partial charge in [0.25, 0.3) is 5.91 Å². The van der Waals surface area contributed by atoms with Gasteiger partial charge in [-0.25, -0.2) is 4.79 Å². The number of benzene rings is 6. The number of azide groups is 1. The van der Waals surface area contributed by atoms with Gasteiger partial charge < -0.3 is 29.4 Å². The van der Waals surface area contributed by atoms with E-state index in [-0.39, 0.29) is 5.82 Å². The van der Waals surface area contributed by atoms with Crippen LogP contribution in [0.4, 0.5) is 5.82 Å². The van der Waals surface area contributed by atoms with E-state index in [1.54, 1.807) is 33.4 Å². The smallest absolute Gasteiger partial charge is 0.351 e. The lowest BCUT2D eigenvalue weighted by molar-refractivity contribution is -0.254. The van der Waals surface area contributed by atoms with E-state index in [4.69, 9.17) is 18.9 Å². The Labute approximate surface area is 353 Å². The molecule has 1 fully saturated rings. The molecule has 8 rings (SSSR count). The highest BCUT2D eigenvalue weighted by Crippen LogP contribution is 2.50. The zero-order chi connectivity index (χ0) is 42.5. The normalized spacial score (nSPS) is 18.8. The maximum absolute atomic E-state index is 14.3. The first-order chi connectivity index (χ1) is 29.8. The summed E-state index contributed by atoms with van der Waals surface area (Å²) >= 11 is 0. The van der Waals surface area contributed by atoms with Crippen molar-refractivity contribution in [3.8, 4) is 11.5 Å². The van der Waals surface area contributed by atoms with Gasteiger partial charge in [0.05, 0.1) is 14.2 Å². The van der Waals surface area contributed by atoms with Crippen molar-refractivity contribution < 1.29 is 24.1 Å². The predicted molar refractivity (Wildman–Crippen MR) is 232 cm³/mol. The molecule has 2 N–H and O–H groups in total. The van der Waals surface area contributed by atoms with Crippen LogP contribution in [0.5, 0.6) is 11.5 Å². The van der Waals surface area contributed by atoms with Crippen LogP contribution in [0.15, 0.2) is 192 Å². The molecule has 0 spiro atoms. The fourth-order valence-corrected chi connectivity index (χ4v) is 8.35. The predicted octanol–water partition coefficient (Wildman–Crippen LogP) is 9.16. The van der Waals surface area contributed by atoms with Crippen molar-refractivity contribution in [1.29, 1.82) is 0 Å². The highest BCUT2D eigenvalue weighted by Gasteiger charge is 2.58. The number of rotatable bonds is 14. The fourth-order valence-electron chi connectivity index (χ4n) is 8.35. The average Bonchev–Trinajstić information content (AvgIpc) is 3.55. The highest BCUT2D eigenvalue weighted by atomic mass is 16.7. The SMILES string of the molecule is COc1ccc(C(Nc2ccn([C@@H]3O[C@@](O)(N=[N+]=[N-])[C@@H](OC(c4ccccc4)(c4ccccc4)c4ccc(OC)cc4)[C@@H]3C)c(=O)n2)(c2ccccc2)c2ccccc2)cc1. The van der Waals surface area contributed by atoms with Crippen LogP contribution in [0.1, 0.15) is 46.5 Å². The lowest BCUT2D eigenvalue weighted by Gasteiger charge is -2.41. The molecule has 1 aromatic heterocycles. The molecular formula is C49H44N6O6. The molecule has 0 unspecified atom stereocenters. The van der Waals surface area contributed by atoms with Gasteiger partial charge in [0.2, 0.25) is 0 Å². The number of nitrogens with one attached hydrogen (secondary N) is 1. The molecule has 0 bridgehead atoms. The summed E-state index contributed by atoms with van der Waals surface area (Å²) in [6.45, 7) is 1.77. The first-order valence-corrected chi connectivity index (χ1v) is 19.8. The molecule has 7 aromatic rings. The molecule has 6 aromatic carbocycles. The maximum Gasteiger partial charge on any atom is 0.351 e. The molecule has 0 saturated carbocycles. The van der Waals surface area contributed by atoms with E-state index in [0.29, 0.717) is 17.1 Å². The zero-order valence-corrected chi connectivity index (χ0v) is 33.8. The number of aliphatic hydroxyl groups is 1. The summed E-state index contributed by atoms with van der Waals surface area (Å²) in [5, 5.41) is 19.6. The van der Waals surface area contributed by atoms with Gasteiger partial charge in [-0.05, 0) is 74.4 Å². The highest BCUT2D eigenvalue weighted by molar-refractivity contribution is 5.58. The third-order valence-corrected chi connectivity index (χ3v) is 11.3. The molecule has 0 radical (unpaired) electrons. The second kappa shape index (κ2) is 17.2. The molecule has 1 aliphatic rings. The van der Waals surface area contributed by atoms with E-state index in [0.717, 1.165) is 27.8 Å². The Bertz CT molecular complexity index is 2580. The third kappa shape index (κ3) is 7.50. The Hall–Kier alpha value is -7.21. The van der Waals surface area contributed by atoms with Gasteiger partial charge in [0.1, 0.15) is 40.8 Å². The number of hydrogen-bond donors (Lipinski definition) is 2. The summed E-state index contributed by atoms with van der Waals surface area (Å²) < 4.78 is 25.7. The Morgan fingerprint density at radius 2 is 1.11 bits per heavy atom. The van der Waals surface area contributed by atoms with Crippen molar-refractivity contribution in [3.05, 3.63) is 236 Å². The fraction of sp³-hybridized carbons (Fsp3) is 0.184. The Morgan fingerprint density at radius 1 is 0.689 bits per heavy atom. The van der Waals surface area contributed by atoms with Gasteiger partial charge in [0.15, 0.2) is 0 Å². The van der Waals surface area contributed by atoms with Crippen molar-refractivity contribution >= 4 is 5.82 Å². The topological polar surface area (TPSA) is 153 Å². The number of ether oxygens (including phenoxy) is 4.